The Hall–Kier alpha value is -3.23. The number of nitrogens with zero attached hydrogens (tertiary/aromatic N) is 3. The maximum atomic E-state index is 13.9. The van der Waals surface area contributed by atoms with Crippen LogP contribution in [0.4, 0.5) is 26.1 Å². The van der Waals surface area contributed by atoms with Gasteiger partial charge in [0.25, 0.3) is 5.91 Å². The van der Waals surface area contributed by atoms with Crippen molar-refractivity contribution in [3.05, 3.63) is 47.7 Å². The number of rotatable bonds is 5. The summed E-state index contributed by atoms with van der Waals surface area (Å²) in [5.74, 6) is -0.643. The lowest BCUT2D eigenvalue weighted by molar-refractivity contribution is 0.0952. The largest absolute Gasteiger partial charge is 0.373 e. The Labute approximate surface area is 147 Å². The molecule has 2 heterocycles. The lowest BCUT2D eigenvalue weighted by atomic mass is 10.3. The first-order valence-corrected chi connectivity index (χ1v) is 8.14. The van der Waals surface area contributed by atoms with Crippen LogP contribution in [0.15, 0.2) is 30.5 Å². The van der Waals surface area contributed by atoms with Crippen LogP contribution in [-0.4, -0.2) is 33.6 Å². The molecule has 0 aliphatic heterocycles. The molecule has 1 aliphatic rings. The highest BCUT2D eigenvalue weighted by atomic mass is 19.1. The summed E-state index contributed by atoms with van der Waals surface area (Å²) < 4.78 is 28.8. The fraction of sp³-hybridized carbons (Fsp3) is 0.235. The fourth-order valence-corrected chi connectivity index (χ4v) is 2.59. The molecular weight excluding hydrogens is 342 g/mol. The van der Waals surface area contributed by atoms with E-state index in [1.807, 2.05) is 0 Å². The normalized spacial score (nSPS) is 13.7. The minimum Gasteiger partial charge on any atom is -0.373 e. The highest BCUT2D eigenvalue weighted by molar-refractivity contribution is 6.00. The lowest BCUT2D eigenvalue weighted by Gasteiger charge is -2.11. The smallest absolute Gasteiger partial charge is 0.256 e. The highest BCUT2D eigenvalue weighted by Crippen LogP contribution is 2.25. The number of carbonyl (C=O) groups excluding carboxylic acids is 1. The highest BCUT2D eigenvalue weighted by Gasteiger charge is 2.26. The van der Waals surface area contributed by atoms with E-state index in [0.29, 0.717) is 17.0 Å². The molecule has 1 saturated carbocycles. The van der Waals surface area contributed by atoms with Gasteiger partial charge in [0.2, 0.25) is 0 Å². The van der Waals surface area contributed by atoms with Gasteiger partial charge < -0.3 is 16.0 Å². The molecule has 2 aromatic heterocycles. The standard InChI is InChI=1S/C17H16F2N6O/c1-20-15-7-14(23-13-6-9(18)2-5-12(13)19)24-16-11(8-21-25(15)16)17(26)22-10-3-4-10/h2,5-8,10,20H,3-4H2,1H3,(H,22,26)(H,23,24). The fourth-order valence-electron chi connectivity index (χ4n) is 2.59. The van der Waals surface area contributed by atoms with E-state index in [1.54, 1.807) is 13.1 Å². The van der Waals surface area contributed by atoms with Crippen molar-refractivity contribution in [2.75, 3.05) is 17.7 Å². The van der Waals surface area contributed by atoms with E-state index in [2.05, 4.69) is 26.0 Å². The maximum Gasteiger partial charge on any atom is 0.256 e. The zero-order valence-corrected chi connectivity index (χ0v) is 13.9. The zero-order valence-electron chi connectivity index (χ0n) is 13.9. The summed E-state index contributed by atoms with van der Waals surface area (Å²) in [5.41, 5.74) is 0.582. The summed E-state index contributed by atoms with van der Waals surface area (Å²) >= 11 is 0. The third-order valence-electron chi connectivity index (χ3n) is 4.08. The number of fused-ring (bicyclic) bond motifs is 1. The van der Waals surface area contributed by atoms with Crippen LogP contribution in [0.25, 0.3) is 5.65 Å². The van der Waals surface area contributed by atoms with Gasteiger partial charge in [-0.15, -0.1) is 0 Å². The first-order chi connectivity index (χ1) is 12.5. The predicted molar refractivity (Wildman–Crippen MR) is 92.7 cm³/mol. The van der Waals surface area contributed by atoms with Crippen LogP contribution in [0, 0.1) is 11.6 Å². The molecule has 0 bridgehead atoms. The molecule has 0 unspecified atom stereocenters. The second-order valence-corrected chi connectivity index (χ2v) is 6.07. The minimum absolute atomic E-state index is 0.0487. The molecule has 3 N–H and O–H groups in total. The van der Waals surface area contributed by atoms with E-state index < -0.39 is 11.6 Å². The molecule has 1 fully saturated rings. The molecule has 0 spiro atoms. The van der Waals surface area contributed by atoms with Crippen LogP contribution in [0.3, 0.4) is 0 Å². The van der Waals surface area contributed by atoms with Crippen molar-refractivity contribution in [2.24, 2.45) is 0 Å². The number of benzene rings is 1. The van der Waals surface area contributed by atoms with E-state index >= 15 is 0 Å². The van der Waals surface area contributed by atoms with Crippen molar-refractivity contribution in [3.8, 4) is 0 Å². The molecule has 7 nitrogen and oxygen atoms in total. The van der Waals surface area contributed by atoms with Crippen molar-refractivity contribution < 1.29 is 13.6 Å². The van der Waals surface area contributed by atoms with Gasteiger partial charge >= 0.3 is 0 Å². The second-order valence-electron chi connectivity index (χ2n) is 6.07. The van der Waals surface area contributed by atoms with Crippen LogP contribution in [0.5, 0.6) is 0 Å². The van der Waals surface area contributed by atoms with Gasteiger partial charge in [0.05, 0.1) is 11.9 Å². The zero-order chi connectivity index (χ0) is 18.3. The Bertz CT molecular complexity index is 998. The van der Waals surface area contributed by atoms with Crippen LogP contribution in [0.1, 0.15) is 23.2 Å². The first kappa shape index (κ1) is 16.2. The average molecular weight is 358 g/mol. The average Bonchev–Trinajstić information content (AvgIpc) is 3.33. The molecule has 1 aromatic carbocycles. The van der Waals surface area contributed by atoms with Gasteiger partial charge in [0.1, 0.15) is 28.8 Å². The van der Waals surface area contributed by atoms with E-state index in [9.17, 15) is 13.6 Å². The molecule has 134 valence electrons. The van der Waals surface area contributed by atoms with Crippen molar-refractivity contribution in [2.45, 2.75) is 18.9 Å². The Kier molecular flexibility index (Phi) is 3.90. The van der Waals surface area contributed by atoms with Crippen molar-refractivity contribution in [3.63, 3.8) is 0 Å². The third kappa shape index (κ3) is 3.03. The van der Waals surface area contributed by atoms with Gasteiger partial charge in [-0.05, 0) is 25.0 Å². The number of anilines is 3. The van der Waals surface area contributed by atoms with Gasteiger partial charge in [0.15, 0.2) is 5.65 Å². The molecule has 1 aliphatic carbocycles. The van der Waals surface area contributed by atoms with Crippen molar-refractivity contribution in [1.82, 2.24) is 19.9 Å². The number of amides is 1. The van der Waals surface area contributed by atoms with Gasteiger partial charge in [-0.2, -0.15) is 9.61 Å². The van der Waals surface area contributed by atoms with Gasteiger partial charge in [-0.1, -0.05) is 0 Å². The Morgan fingerprint density at radius 3 is 2.81 bits per heavy atom. The van der Waals surface area contributed by atoms with E-state index in [-0.39, 0.29) is 23.5 Å². The Balaban J connectivity index is 1.75. The number of carbonyl (C=O) groups is 1. The Morgan fingerprint density at radius 2 is 2.08 bits per heavy atom. The quantitative estimate of drug-likeness (QED) is 0.653. The van der Waals surface area contributed by atoms with Crippen LogP contribution in [0.2, 0.25) is 0 Å². The summed E-state index contributed by atoms with van der Waals surface area (Å²) in [5, 5.41) is 12.8. The topological polar surface area (TPSA) is 83.3 Å². The van der Waals surface area contributed by atoms with Crippen LogP contribution >= 0.6 is 0 Å². The Morgan fingerprint density at radius 1 is 1.27 bits per heavy atom. The molecule has 1 amide bonds. The van der Waals surface area contributed by atoms with Gasteiger partial charge in [-0.3, -0.25) is 4.79 Å². The molecule has 0 saturated heterocycles. The summed E-state index contributed by atoms with van der Waals surface area (Å²) in [6, 6.07) is 4.89. The van der Waals surface area contributed by atoms with E-state index in [1.165, 1.54) is 10.7 Å². The molecular formula is C17H16F2N6O. The molecule has 3 aromatic rings. The van der Waals surface area contributed by atoms with Gasteiger partial charge in [0, 0.05) is 25.2 Å². The summed E-state index contributed by atoms with van der Waals surface area (Å²) in [6.07, 6.45) is 3.37. The van der Waals surface area contributed by atoms with E-state index in [4.69, 9.17) is 0 Å². The summed E-state index contributed by atoms with van der Waals surface area (Å²) in [6.45, 7) is 0. The lowest BCUT2D eigenvalue weighted by Crippen LogP contribution is -2.25. The maximum absolute atomic E-state index is 13.9. The first-order valence-electron chi connectivity index (χ1n) is 8.14. The SMILES string of the molecule is CNc1cc(Nc2cc(F)ccc2F)nc2c(C(=O)NC3CC3)cnn12. The monoisotopic (exact) mass is 358 g/mol. The number of halogens is 2. The van der Waals surface area contributed by atoms with Crippen LogP contribution in [-0.2, 0) is 0 Å². The van der Waals surface area contributed by atoms with E-state index in [0.717, 1.165) is 31.0 Å². The second kappa shape index (κ2) is 6.25. The molecule has 0 radical (unpaired) electrons. The summed E-state index contributed by atoms with van der Waals surface area (Å²) in [4.78, 5) is 16.7. The van der Waals surface area contributed by atoms with Crippen molar-refractivity contribution >= 4 is 28.9 Å². The van der Waals surface area contributed by atoms with Crippen LogP contribution < -0.4 is 16.0 Å². The number of hydrogen-bond acceptors (Lipinski definition) is 5. The molecule has 26 heavy (non-hydrogen) atoms. The molecule has 4 rings (SSSR count). The third-order valence-corrected chi connectivity index (χ3v) is 4.08. The number of nitrogens with one attached hydrogen (secondary N) is 3. The number of aromatic nitrogens is 3. The summed E-state index contributed by atoms with van der Waals surface area (Å²) in [7, 11) is 1.69. The van der Waals surface area contributed by atoms with Gasteiger partial charge in [-0.25, -0.2) is 13.8 Å². The number of hydrogen-bond donors (Lipinski definition) is 3. The predicted octanol–water partition coefficient (Wildman–Crippen LogP) is 2.69. The molecule has 9 heteroatoms. The minimum atomic E-state index is -0.612. The molecule has 0 atom stereocenters. The van der Waals surface area contributed by atoms with Crippen molar-refractivity contribution in [1.29, 1.82) is 0 Å².